The van der Waals surface area contributed by atoms with Gasteiger partial charge in [0.15, 0.2) is 11.5 Å². The smallest absolute Gasteiger partial charge is 0.182 e. The van der Waals surface area contributed by atoms with Gasteiger partial charge >= 0.3 is 0 Å². The number of anilines is 1. The van der Waals surface area contributed by atoms with Crippen LogP contribution in [0, 0.1) is 11.3 Å². The Labute approximate surface area is 129 Å². The van der Waals surface area contributed by atoms with Gasteiger partial charge in [-0.1, -0.05) is 6.07 Å². The van der Waals surface area contributed by atoms with Crippen molar-refractivity contribution >= 4 is 5.82 Å². The molecule has 0 unspecified atom stereocenters. The Morgan fingerprint density at radius 3 is 3.05 bits per heavy atom. The maximum Gasteiger partial charge on any atom is 0.182 e. The predicted octanol–water partition coefficient (Wildman–Crippen LogP) is 1.82. The minimum absolute atomic E-state index is 0.286. The first kappa shape index (κ1) is 14.4. The van der Waals surface area contributed by atoms with Gasteiger partial charge in [0.25, 0.3) is 0 Å². The van der Waals surface area contributed by atoms with E-state index in [2.05, 4.69) is 37.3 Å². The number of hydrogen-bond acceptors (Lipinski definition) is 6. The molecule has 6 heteroatoms. The van der Waals surface area contributed by atoms with Crippen molar-refractivity contribution < 1.29 is 0 Å². The zero-order valence-corrected chi connectivity index (χ0v) is 12.3. The lowest BCUT2D eigenvalue weighted by molar-refractivity contribution is 0.208. The van der Waals surface area contributed by atoms with E-state index in [0.29, 0.717) is 11.5 Å². The number of nitrogens with zero attached hydrogens (tertiary/aromatic N) is 5. The maximum atomic E-state index is 9.08. The molecule has 0 amide bonds. The van der Waals surface area contributed by atoms with Crippen LogP contribution in [-0.4, -0.2) is 39.0 Å². The largest absolute Gasteiger partial charge is 0.364 e. The van der Waals surface area contributed by atoms with Crippen molar-refractivity contribution in [3.8, 4) is 6.07 Å². The third-order valence-electron chi connectivity index (χ3n) is 3.78. The van der Waals surface area contributed by atoms with Crippen molar-refractivity contribution in [3.05, 3.63) is 48.2 Å². The van der Waals surface area contributed by atoms with Crippen LogP contribution in [0.5, 0.6) is 0 Å². The lowest BCUT2D eigenvalue weighted by atomic mass is 10.0. The third kappa shape index (κ3) is 3.57. The molecule has 6 nitrogen and oxygen atoms in total. The fourth-order valence-corrected chi connectivity index (χ4v) is 2.79. The molecule has 0 bridgehead atoms. The van der Waals surface area contributed by atoms with Crippen LogP contribution in [0.15, 0.2) is 36.9 Å². The van der Waals surface area contributed by atoms with Gasteiger partial charge in [-0.3, -0.25) is 9.88 Å². The molecule has 1 fully saturated rings. The number of nitrogens with one attached hydrogen (secondary N) is 1. The van der Waals surface area contributed by atoms with Crippen LogP contribution in [-0.2, 0) is 6.54 Å². The van der Waals surface area contributed by atoms with E-state index in [1.54, 1.807) is 18.6 Å². The number of aromatic nitrogens is 3. The van der Waals surface area contributed by atoms with Gasteiger partial charge in [0.1, 0.15) is 6.07 Å². The van der Waals surface area contributed by atoms with Gasteiger partial charge in [-0.25, -0.2) is 9.97 Å². The Morgan fingerprint density at radius 1 is 1.32 bits per heavy atom. The lowest BCUT2D eigenvalue weighted by Gasteiger charge is -2.33. The second-order valence-corrected chi connectivity index (χ2v) is 5.45. The third-order valence-corrected chi connectivity index (χ3v) is 3.78. The summed E-state index contributed by atoms with van der Waals surface area (Å²) in [6.07, 6.45) is 9.05. The zero-order valence-electron chi connectivity index (χ0n) is 12.3. The van der Waals surface area contributed by atoms with Crippen LogP contribution in [0.3, 0.4) is 0 Å². The van der Waals surface area contributed by atoms with Crippen LogP contribution in [0.4, 0.5) is 5.82 Å². The molecule has 1 aliphatic rings. The van der Waals surface area contributed by atoms with Gasteiger partial charge in [0.2, 0.25) is 0 Å². The SMILES string of the molecule is N#Cc1nccnc1N[C@@H]1CCCN(Cc2cccnc2)C1. The molecule has 0 spiro atoms. The van der Waals surface area contributed by atoms with Crippen LogP contribution in [0.1, 0.15) is 24.1 Å². The molecule has 3 heterocycles. The molecule has 2 aromatic heterocycles. The van der Waals surface area contributed by atoms with Crippen LogP contribution in [0.25, 0.3) is 0 Å². The molecule has 0 saturated carbocycles. The quantitative estimate of drug-likeness (QED) is 0.926. The summed E-state index contributed by atoms with van der Waals surface area (Å²) in [6.45, 7) is 2.91. The first-order valence-electron chi connectivity index (χ1n) is 7.44. The summed E-state index contributed by atoms with van der Waals surface area (Å²) in [7, 11) is 0. The number of rotatable bonds is 4. The number of piperidine rings is 1. The lowest BCUT2D eigenvalue weighted by Crippen LogP contribution is -2.41. The van der Waals surface area contributed by atoms with Crippen molar-refractivity contribution in [2.24, 2.45) is 0 Å². The van der Waals surface area contributed by atoms with Crippen LogP contribution < -0.4 is 5.32 Å². The standard InChI is InChI=1S/C16H18N6/c17-9-15-16(20-7-6-19-15)21-14-4-2-8-22(12-14)11-13-3-1-5-18-10-13/h1,3,5-7,10,14H,2,4,8,11-12H2,(H,20,21)/t14-/m1/s1. The first-order chi connectivity index (χ1) is 10.8. The van der Waals surface area contributed by atoms with Gasteiger partial charge in [-0.05, 0) is 31.0 Å². The highest BCUT2D eigenvalue weighted by Gasteiger charge is 2.21. The van der Waals surface area contributed by atoms with E-state index in [1.165, 1.54) is 5.56 Å². The van der Waals surface area contributed by atoms with Gasteiger partial charge in [-0.2, -0.15) is 5.26 Å². The van der Waals surface area contributed by atoms with Gasteiger partial charge in [0.05, 0.1) is 0 Å². The fourth-order valence-electron chi connectivity index (χ4n) is 2.79. The Bertz CT molecular complexity index is 651. The van der Waals surface area contributed by atoms with E-state index in [1.807, 2.05) is 12.3 Å². The Kier molecular flexibility index (Phi) is 4.56. The van der Waals surface area contributed by atoms with E-state index in [9.17, 15) is 0 Å². The Balaban J connectivity index is 1.62. The summed E-state index contributed by atoms with van der Waals surface area (Å²) in [6, 6.07) is 6.43. The molecule has 0 aromatic carbocycles. The molecule has 1 N–H and O–H groups in total. The van der Waals surface area contributed by atoms with Gasteiger partial charge in [0, 0.05) is 43.9 Å². The number of nitriles is 1. The summed E-state index contributed by atoms with van der Waals surface area (Å²) in [4.78, 5) is 14.8. The van der Waals surface area contributed by atoms with E-state index >= 15 is 0 Å². The molecule has 2 aromatic rings. The Morgan fingerprint density at radius 2 is 2.23 bits per heavy atom. The average molecular weight is 294 g/mol. The minimum Gasteiger partial charge on any atom is -0.364 e. The van der Waals surface area contributed by atoms with Gasteiger partial charge in [-0.15, -0.1) is 0 Å². The van der Waals surface area contributed by atoms with Crippen molar-refractivity contribution in [1.82, 2.24) is 19.9 Å². The summed E-state index contributed by atoms with van der Waals surface area (Å²) in [5, 5.41) is 12.4. The summed E-state index contributed by atoms with van der Waals surface area (Å²) in [5.74, 6) is 0.582. The summed E-state index contributed by atoms with van der Waals surface area (Å²) >= 11 is 0. The first-order valence-corrected chi connectivity index (χ1v) is 7.44. The highest BCUT2D eigenvalue weighted by atomic mass is 15.2. The van der Waals surface area contributed by atoms with Crippen molar-refractivity contribution in [2.45, 2.75) is 25.4 Å². The highest BCUT2D eigenvalue weighted by molar-refractivity contribution is 5.47. The number of likely N-dealkylation sites (tertiary alicyclic amines) is 1. The molecular formula is C16H18N6. The highest BCUT2D eigenvalue weighted by Crippen LogP contribution is 2.17. The van der Waals surface area contributed by atoms with Crippen LogP contribution >= 0.6 is 0 Å². The second-order valence-electron chi connectivity index (χ2n) is 5.45. The summed E-state index contributed by atoms with van der Waals surface area (Å²) in [5.41, 5.74) is 1.58. The molecule has 3 rings (SSSR count). The molecule has 1 aliphatic heterocycles. The molecule has 112 valence electrons. The van der Waals surface area contributed by atoms with E-state index < -0.39 is 0 Å². The minimum atomic E-state index is 0.286. The van der Waals surface area contributed by atoms with E-state index in [-0.39, 0.29) is 6.04 Å². The molecule has 22 heavy (non-hydrogen) atoms. The van der Waals surface area contributed by atoms with Crippen molar-refractivity contribution in [1.29, 1.82) is 5.26 Å². The molecule has 1 atom stereocenters. The predicted molar refractivity (Wildman–Crippen MR) is 82.9 cm³/mol. The normalized spacial score (nSPS) is 18.6. The van der Waals surface area contributed by atoms with Crippen molar-refractivity contribution in [2.75, 3.05) is 18.4 Å². The van der Waals surface area contributed by atoms with Gasteiger partial charge < -0.3 is 5.32 Å². The molecule has 1 saturated heterocycles. The second kappa shape index (κ2) is 6.96. The van der Waals surface area contributed by atoms with Crippen molar-refractivity contribution in [3.63, 3.8) is 0 Å². The molecule has 0 radical (unpaired) electrons. The van der Waals surface area contributed by atoms with E-state index in [0.717, 1.165) is 32.5 Å². The van der Waals surface area contributed by atoms with E-state index in [4.69, 9.17) is 5.26 Å². The Hall–Kier alpha value is -2.52. The zero-order chi connectivity index (χ0) is 15.2. The molecule has 0 aliphatic carbocycles. The monoisotopic (exact) mass is 294 g/mol. The topological polar surface area (TPSA) is 77.7 Å². The average Bonchev–Trinajstić information content (AvgIpc) is 2.57. The maximum absolute atomic E-state index is 9.08. The fraction of sp³-hybridized carbons (Fsp3) is 0.375. The number of pyridine rings is 1. The molecular weight excluding hydrogens is 276 g/mol. The van der Waals surface area contributed by atoms with Crippen LogP contribution in [0.2, 0.25) is 0 Å². The summed E-state index contributed by atoms with van der Waals surface area (Å²) < 4.78 is 0. The number of hydrogen-bond donors (Lipinski definition) is 1.